The van der Waals surface area contributed by atoms with Crippen LogP contribution < -0.4 is 5.32 Å². The van der Waals surface area contributed by atoms with Crippen molar-refractivity contribution in [2.75, 3.05) is 0 Å². The normalized spacial score (nSPS) is 13.7. The van der Waals surface area contributed by atoms with E-state index in [4.69, 9.17) is 4.42 Å². The molecule has 1 N–H and O–H groups in total. The van der Waals surface area contributed by atoms with Crippen LogP contribution in [-0.2, 0) is 4.79 Å². The Balaban J connectivity index is 2.58. The van der Waals surface area contributed by atoms with Crippen LogP contribution in [-0.4, -0.2) is 10.2 Å². The Morgan fingerprint density at radius 1 is 1.64 bits per heavy atom. The summed E-state index contributed by atoms with van der Waals surface area (Å²) >= 11 is 3.29. The van der Waals surface area contributed by atoms with Gasteiger partial charge in [-0.25, -0.2) is 0 Å². The van der Waals surface area contributed by atoms with Crippen molar-refractivity contribution >= 4 is 21.8 Å². The van der Waals surface area contributed by atoms with Crippen molar-refractivity contribution < 1.29 is 9.21 Å². The highest BCUT2D eigenvalue weighted by atomic mass is 79.9. The van der Waals surface area contributed by atoms with Gasteiger partial charge < -0.3 is 9.73 Å². The van der Waals surface area contributed by atoms with Crippen LogP contribution in [0, 0.1) is 0 Å². The average molecular weight is 260 g/mol. The maximum Gasteiger partial charge on any atom is 0.236 e. The smallest absolute Gasteiger partial charge is 0.236 e. The zero-order chi connectivity index (χ0) is 10.8. The van der Waals surface area contributed by atoms with Crippen LogP contribution in [0.25, 0.3) is 0 Å². The predicted octanol–water partition coefficient (Wildman–Crippen LogP) is 2.63. The van der Waals surface area contributed by atoms with Gasteiger partial charge in [-0.2, -0.15) is 0 Å². The van der Waals surface area contributed by atoms with Crippen LogP contribution in [0.5, 0.6) is 0 Å². The Kier molecular flexibility index (Phi) is 3.37. The van der Waals surface area contributed by atoms with E-state index in [9.17, 15) is 4.79 Å². The van der Waals surface area contributed by atoms with E-state index in [2.05, 4.69) is 21.2 Å². The SMILES string of the molecule is C[C@H](NC(=O)C(C)(C)Br)c1ccco1. The van der Waals surface area contributed by atoms with Crippen molar-refractivity contribution in [1.82, 2.24) is 5.32 Å². The standard InChI is InChI=1S/C10H14BrNO2/c1-7(8-5-4-6-14-8)12-9(13)10(2,3)11/h4-7H,1-3H3,(H,12,13)/t7-/m0/s1. The molecule has 0 aliphatic carbocycles. The van der Waals surface area contributed by atoms with Gasteiger partial charge in [0.15, 0.2) is 0 Å². The lowest BCUT2D eigenvalue weighted by molar-refractivity contribution is -0.123. The summed E-state index contributed by atoms with van der Waals surface area (Å²) < 4.78 is 4.63. The highest BCUT2D eigenvalue weighted by Crippen LogP contribution is 2.19. The molecule has 1 rings (SSSR count). The molecule has 78 valence electrons. The van der Waals surface area contributed by atoms with E-state index in [1.54, 1.807) is 26.2 Å². The molecule has 0 unspecified atom stereocenters. The zero-order valence-corrected chi connectivity index (χ0v) is 10.1. The Morgan fingerprint density at radius 2 is 2.29 bits per heavy atom. The monoisotopic (exact) mass is 259 g/mol. The molecule has 0 aliphatic heterocycles. The number of amides is 1. The minimum absolute atomic E-state index is 0.0543. The molecule has 0 spiro atoms. The molecular formula is C10H14BrNO2. The van der Waals surface area contributed by atoms with Gasteiger partial charge in [-0.15, -0.1) is 0 Å². The van der Waals surface area contributed by atoms with E-state index in [1.807, 2.05) is 13.0 Å². The quantitative estimate of drug-likeness (QED) is 0.849. The summed E-state index contributed by atoms with van der Waals surface area (Å²) in [5, 5.41) is 2.84. The van der Waals surface area contributed by atoms with Gasteiger partial charge in [0.1, 0.15) is 5.76 Å². The van der Waals surface area contributed by atoms with Crippen LogP contribution in [0.3, 0.4) is 0 Å². The Hall–Kier alpha value is -0.770. The number of hydrogen-bond acceptors (Lipinski definition) is 2. The van der Waals surface area contributed by atoms with E-state index >= 15 is 0 Å². The second kappa shape index (κ2) is 4.17. The van der Waals surface area contributed by atoms with E-state index < -0.39 is 4.32 Å². The predicted molar refractivity (Wildman–Crippen MR) is 58.3 cm³/mol. The van der Waals surface area contributed by atoms with Crippen LogP contribution in [0.4, 0.5) is 0 Å². The Labute approximate surface area is 92.0 Å². The topological polar surface area (TPSA) is 42.2 Å². The number of halogens is 1. The molecule has 0 aliphatic rings. The number of nitrogens with one attached hydrogen (secondary N) is 1. The first-order valence-electron chi connectivity index (χ1n) is 4.44. The maximum atomic E-state index is 11.6. The highest BCUT2D eigenvalue weighted by molar-refractivity contribution is 9.10. The molecule has 0 saturated carbocycles. The molecule has 1 atom stereocenters. The van der Waals surface area contributed by atoms with E-state index in [0.717, 1.165) is 5.76 Å². The van der Waals surface area contributed by atoms with Gasteiger partial charge in [0.05, 0.1) is 16.6 Å². The first-order chi connectivity index (χ1) is 6.41. The molecule has 0 aromatic carbocycles. The number of furan rings is 1. The highest BCUT2D eigenvalue weighted by Gasteiger charge is 2.25. The van der Waals surface area contributed by atoms with Gasteiger partial charge in [-0.1, -0.05) is 15.9 Å². The molecule has 1 aromatic rings. The van der Waals surface area contributed by atoms with Crippen LogP contribution in [0.1, 0.15) is 32.6 Å². The molecule has 0 fully saturated rings. The van der Waals surface area contributed by atoms with Crippen LogP contribution in [0.2, 0.25) is 0 Å². The Bertz CT molecular complexity index is 300. The number of alkyl halides is 1. The molecule has 0 bridgehead atoms. The van der Waals surface area contributed by atoms with Crippen molar-refractivity contribution in [3.8, 4) is 0 Å². The van der Waals surface area contributed by atoms with Crippen molar-refractivity contribution in [2.24, 2.45) is 0 Å². The number of rotatable bonds is 3. The first kappa shape index (κ1) is 11.3. The largest absolute Gasteiger partial charge is 0.467 e. The summed E-state index contributed by atoms with van der Waals surface area (Å²) in [6.45, 7) is 5.49. The zero-order valence-electron chi connectivity index (χ0n) is 8.50. The van der Waals surface area contributed by atoms with E-state index in [0.29, 0.717) is 0 Å². The van der Waals surface area contributed by atoms with Gasteiger partial charge >= 0.3 is 0 Å². The number of carbonyl (C=O) groups excluding carboxylic acids is 1. The van der Waals surface area contributed by atoms with E-state index in [1.165, 1.54) is 0 Å². The first-order valence-corrected chi connectivity index (χ1v) is 5.24. The molecule has 1 amide bonds. The fraction of sp³-hybridized carbons (Fsp3) is 0.500. The molecular weight excluding hydrogens is 246 g/mol. The lowest BCUT2D eigenvalue weighted by Crippen LogP contribution is -2.38. The third-order valence-electron chi connectivity index (χ3n) is 1.86. The maximum absolute atomic E-state index is 11.6. The molecule has 1 aromatic heterocycles. The van der Waals surface area contributed by atoms with E-state index in [-0.39, 0.29) is 11.9 Å². The minimum atomic E-state index is -0.548. The fourth-order valence-electron chi connectivity index (χ4n) is 0.977. The molecule has 0 radical (unpaired) electrons. The van der Waals surface area contributed by atoms with Gasteiger partial charge in [0, 0.05) is 0 Å². The number of hydrogen-bond donors (Lipinski definition) is 1. The molecule has 1 heterocycles. The second-order valence-corrected chi connectivity index (χ2v) is 5.67. The summed E-state index contributed by atoms with van der Waals surface area (Å²) in [4.78, 5) is 11.6. The summed E-state index contributed by atoms with van der Waals surface area (Å²) in [7, 11) is 0. The van der Waals surface area contributed by atoms with Gasteiger partial charge in [0.25, 0.3) is 0 Å². The van der Waals surface area contributed by atoms with Crippen LogP contribution >= 0.6 is 15.9 Å². The third kappa shape index (κ3) is 2.87. The van der Waals surface area contributed by atoms with Gasteiger partial charge in [-0.05, 0) is 32.9 Å². The molecule has 4 heteroatoms. The summed E-state index contributed by atoms with van der Waals surface area (Å²) in [5.74, 6) is 0.705. The lowest BCUT2D eigenvalue weighted by Gasteiger charge is -2.19. The summed E-state index contributed by atoms with van der Waals surface area (Å²) in [6.07, 6.45) is 1.59. The molecule has 0 saturated heterocycles. The number of carbonyl (C=O) groups is 1. The van der Waals surface area contributed by atoms with Gasteiger partial charge in [-0.3, -0.25) is 4.79 Å². The third-order valence-corrected chi connectivity index (χ3v) is 2.22. The minimum Gasteiger partial charge on any atom is -0.467 e. The Morgan fingerprint density at radius 3 is 2.71 bits per heavy atom. The van der Waals surface area contributed by atoms with Crippen molar-refractivity contribution in [3.63, 3.8) is 0 Å². The fourth-order valence-corrected chi connectivity index (χ4v) is 1.09. The lowest BCUT2D eigenvalue weighted by atomic mass is 10.1. The average Bonchev–Trinajstić information content (AvgIpc) is 2.53. The summed E-state index contributed by atoms with van der Waals surface area (Å²) in [5.41, 5.74) is 0. The summed E-state index contributed by atoms with van der Waals surface area (Å²) in [6, 6.07) is 3.54. The molecule has 3 nitrogen and oxygen atoms in total. The molecule has 14 heavy (non-hydrogen) atoms. The van der Waals surface area contributed by atoms with Crippen molar-refractivity contribution in [3.05, 3.63) is 24.2 Å². The van der Waals surface area contributed by atoms with Crippen molar-refractivity contribution in [2.45, 2.75) is 31.1 Å². The van der Waals surface area contributed by atoms with Gasteiger partial charge in [0.2, 0.25) is 5.91 Å². The van der Waals surface area contributed by atoms with Crippen LogP contribution in [0.15, 0.2) is 22.8 Å². The van der Waals surface area contributed by atoms with Crippen molar-refractivity contribution in [1.29, 1.82) is 0 Å². The second-order valence-electron chi connectivity index (χ2n) is 3.68.